The van der Waals surface area contributed by atoms with Crippen LogP contribution in [0, 0.1) is 5.82 Å². The van der Waals surface area contributed by atoms with Crippen LogP contribution in [0.25, 0.3) is 0 Å². The van der Waals surface area contributed by atoms with Gasteiger partial charge < -0.3 is 10.1 Å². The van der Waals surface area contributed by atoms with Crippen molar-refractivity contribution in [1.29, 1.82) is 0 Å². The number of rotatable bonds is 2. The van der Waals surface area contributed by atoms with Crippen molar-refractivity contribution in [3.63, 3.8) is 0 Å². The smallest absolute Gasteiger partial charge is 0.165 e. The number of methoxy groups -OCH3 is 1. The van der Waals surface area contributed by atoms with Gasteiger partial charge in [0.1, 0.15) is 6.17 Å². The zero-order valence-corrected chi connectivity index (χ0v) is 9.17. The quantitative estimate of drug-likeness (QED) is 0.836. The predicted octanol–water partition coefficient (Wildman–Crippen LogP) is 2.25. The summed E-state index contributed by atoms with van der Waals surface area (Å²) in [6, 6.07) is 4.67. The summed E-state index contributed by atoms with van der Waals surface area (Å²) in [4.78, 5) is 0. The standard InChI is InChI=1S/C12H15F2NO/c1-16-12-3-2-8(6-10(12)13)9-4-5-15-7-11(9)14/h2-3,6,9,11,15H,4-5,7H2,1H3/t9-,11+/m1/s1. The number of hydrogen-bond acceptors (Lipinski definition) is 2. The fourth-order valence-electron chi connectivity index (χ4n) is 2.11. The molecule has 0 aliphatic carbocycles. The Kier molecular flexibility index (Phi) is 3.39. The van der Waals surface area contributed by atoms with Crippen LogP contribution in [0.1, 0.15) is 17.9 Å². The van der Waals surface area contributed by atoms with Gasteiger partial charge in [-0.15, -0.1) is 0 Å². The molecule has 1 heterocycles. The van der Waals surface area contributed by atoms with Crippen LogP contribution in [-0.2, 0) is 0 Å². The van der Waals surface area contributed by atoms with Crippen molar-refractivity contribution in [3.8, 4) is 5.75 Å². The number of alkyl halides is 1. The van der Waals surface area contributed by atoms with E-state index in [0.717, 1.165) is 6.54 Å². The molecule has 1 aliphatic rings. The van der Waals surface area contributed by atoms with Gasteiger partial charge in [-0.1, -0.05) is 6.07 Å². The Hall–Kier alpha value is -1.16. The molecule has 0 aromatic heterocycles. The highest BCUT2D eigenvalue weighted by atomic mass is 19.1. The van der Waals surface area contributed by atoms with Gasteiger partial charge >= 0.3 is 0 Å². The fourth-order valence-corrected chi connectivity index (χ4v) is 2.11. The van der Waals surface area contributed by atoms with Crippen molar-refractivity contribution < 1.29 is 13.5 Å². The topological polar surface area (TPSA) is 21.3 Å². The third kappa shape index (κ3) is 2.16. The summed E-state index contributed by atoms with van der Waals surface area (Å²) in [5.41, 5.74) is 0.715. The fraction of sp³-hybridized carbons (Fsp3) is 0.500. The SMILES string of the molecule is COc1ccc([C@H]2CCNC[C@@H]2F)cc1F. The van der Waals surface area contributed by atoms with E-state index in [4.69, 9.17) is 4.74 Å². The summed E-state index contributed by atoms with van der Waals surface area (Å²) >= 11 is 0. The summed E-state index contributed by atoms with van der Waals surface area (Å²) in [5.74, 6) is -0.430. The van der Waals surface area contributed by atoms with E-state index >= 15 is 0 Å². The Morgan fingerprint density at radius 1 is 1.44 bits per heavy atom. The second kappa shape index (κ2) is 4.78. The molecule has 1 saturated heterocycles. The van der Waals surface area contributed by atoms with Crippen LogP contribution in [0.3, 0.4) is 0 Å². The molecule has 2 nitrogen and oxygen atoms in total. The monoisotopic (exact) mass is 227 g/mol. The zero-order valence-electron chi connectivity index (χ0n) is 9.17. The average molecular weight is 227 g/mol. The van der Waals surface area contributed by atoms with Gasteiger partial charge in [0.2, 0.25) is 0 Å². The second-order valence-electron chi connectivity index (χ2n) is 4.01. The van der Waals surface area contributed by atoms with Crippen LogP contribution in [0.5, 0.6) is 5.75 Å². The number of halogens is 2. The Labute approximate surface area is 93.6 Å². The lowest BCUT2D eigenvalue weighted by atomic mass is 9.88. The van der Waals surface area contributed by atoms with E-state index in [1.54, 1.807) is 12.1 Å². The van der Waals surface area contributed by atoms with Crippen LogP contribution in [-0.4, -0.2) is 26.4 Å². The van der Waals surface area contributed by atoms with Crippen LogP contribution in [0.4, 0.5) is 8.78 Å². The second-order valence-corrected chi connectivity index (χ2v) is 4.01. The molecule has 16 heavy (non-hydrogen) atoms. The molecule has 2 atom stereocenters. The lowest BCUT2D eigenvalue weighted by molar-refractivity contribution is 0.231. The van der Waals surface area contributed by atoms with E-state index in [-0.39, 0.29) is 11.7 Å². The minimum absolute atomic E-state index is 0.202. The molecule has 0 spiro atoms. The highest BCUT2D eigenvalue weighted by Crippen LogP contribution is 2.30. The molecule has 1 fully saturated rings. The Morgan fingerprint density at radius 2 is 2.25 bits per heavy atom. The van der Waals surface area contributed by atoms with E-state index in [0.29, 0.717) is 18.5 Å². The molecular weight excluding hydrogens is 212 g/mol. The van der Waals surface area contributed by atoms with Crippen molar-refractivity contribution in [2.75, 3.05) is 20.2 Å². The molecule has 0 radical (unpaired) electrons. The largest absolute Gasteiger partial charge is 0.494 e. The van der Waals surface area contributed by atoms with Crippen LogP contribution >= 0.6 is 0 Å². The maximum Gasteiger partial charge on any atom is 0.165 e. The number of hydrogen-bond donors (Lipinski definition) is 1. The van der Waals surface area contributed by atoms with E-state index in [1.807, 2.05) is 0 Å². The summed E-state index contributed by atoms with van der Waals surface area (Å²) in [7, 11) is 1.42. The van der Waals surface area contributed by atoms with E-state index < -0.39 is 12.0 Å². The molecule has 88 valence electrons. The van der Waals surface area contributed by atoms with Crippen LogP contribution in [0.2, 0.25) is 0 Å². The summed E-state index contributed by atoms with van der Waals surface area (Å²) < 4.78 is 31.9. The maximum absolute atomic E-state index is 13.6. The van der Waals surface area contributed by atoms with Crippen molar-refractivity contribution in [2.45, 2.75) is 18.5 Å². The van der Waals surface area contributed by atoms with Crippen molar-refractivity contribution >= 4 is 0 Å². The Balaban J connectivity index is 2.22. The molecule has 0 saturated carbocycles. The van der Waals surface area contributed by atoms with E-state index in [9.17, 15) is 8.78 Å². The highest BCUT2D eigenvalue weighted by Gasteiger charge is 2.26. The summed E-state index contributed by atoms with van der Waals surface area (Å²) in [6.45, 7) is 1.12. The van der Waals surface area contributed by atoms with Gasteiger partial charge in [0.05, 0.1) is 7.11 Å². The van der Waals surface area contributed by atoms with Crippen molar-refractivity contribution in [2.24, 2.45) is 0 Å². The molecule has 0 unspecified atom stereocenters. The minimum atomic E-state index is -0.943. The Bertz CT molecular complexity index is 370. The lowest BCUT2D eigenvalue weighted by Crippen LogP contribution is -2.36. The van der Waals surface area contributed by atoms with Gasteiger partial charge in [-0.2, -0.15) is 0 Å². The minimum Gasteiger partial charge on any atom is -0.494 e. The van der Waals surface area contributed by atoms with Gasteiger partial charge in [-0.3, -0.25) is 0 Å². The molecule has 0 amide bonds. The first kappa shape index (κ1) is 11.3. The molecule has 1 N–H and O–H groups in total. The van der Waals surface area contributed by atoms with Crippen LogP contribution in [0.15, 0.2) is 18.2 Å². The first-order chi connectivity index (χ1) is 7.72. The molecule has 2 rings (SSSR count). The molecule has 1 aromatic carbocycles. The van der Waals surface area contributed by atoms with Crippen LogP contribution < -0.4 is 10.1 Å². The maximum atomic E-state index is 13.6. The third-order valence-electron chi connectivity index (χ3n) is 3.01. The highest BCUT2D eigenvalue weighted by molar-refractivity contribution is 5.32. The number of benzene rings is 1. The van der Waals surface area contributed by atoms with Gasteiger partial charge in [-0.25, -0.2) is 8.78 Å². The van der Waals surface area contributed by atoms with Crippen molar-refractivity contribution in [1.82, 2.24) is 5.32 Å². The number of ether oxygens (including phenoxy) is 1. The predicted molar refractivity (Wildman–Crippen MR) is 58.1 cm³/mol. The lowest BCUT2D eigenvalue weighted by Gasteiger charge is -2.27. The van der Waals surface area contributed by atoms with Gasteiger partial charge in [0.15, 0.2) is 11.6 Å². The molecule has 1 aromatic rings. The molecule has 0 bridgehead atoms. The average Bonchev–Trinajstić information content (AvgIpc) is 2.29. The summed E-state index contributed by atoms with van der Waals surface area (Å²) in [5, 5.41) is 2.98. The molecule has 4 heteroatoms. The van der Waals surface area contributed by atoms with E-state index in [2.05, 4.69) is 5.32 Å². The first-order valence-corrected chi connectivity index (χ1v) is 5.40. The normalized spacial score (nSPS) is 25.4. The number of piperidine rings is 1. The Morgan fingerprint density at radius 3 is 2.88 bits per heavy atom. The first-order valence-electron chi connectivity index (χ1n) is 5.40. The third-order valence-corrected chi connectivity index (χ3v) is 3.01. The molecule has 1 aliphatic heterocycles. The van der Waals surface area contributed by atoms with Gasteiger partial charge in [0.25, 0.3) is 0 Å². The molecular formula is C12H15F2NO. The zero-order chi connectivity index (χ0) is 11.5. The summed E-state index contributed by atoms with van der Waals surface area (Å²) in [6.07, 6.45) is -0.242. The van der Waals surface area contributed by atoms with E-state index in [1.165, 1.54) is 13.2 Å². The van der Waals surface area contributed by atoms with Crippen molar-refractivity contribution in [3.05, 3.63) is 29.6 Å². The number of nitrogens with one attached hydrogen (secondary N) is 1. The van der Waals surface area contributed by atoms with Gasteiger partial charge in [-0.05, 0) is 30.7 Å². The van der Waals surface area contributed by atoms with Gasteiger partial charge in [0, 0.05) is 12.5 Å².